The van der Waals surface area contributed by atoms with Gasteiger partial charge in [-0.05, 0) is 47.2 Å². The van der Waals surface area contributed by atoms with Crippen molar-refractivity contribution in [2.45, 2.75) is 0 Å². The molecule has 0 saturated heterocycles. The van der Waals surface area contributed by atoms with Gasteiger partial charge in [0.2, 0.25) is 0 Å². The van der Waals surface area contributed by atoms with Crippen molar-refractivity contribution in [2.24, 2.45) is 0 Å². The zero-order chi connectivity index (χ0) is 17.7. The molecule has 0 spiro atoms. The molecule has 1 aromatic heterocycles. The molecule has 0 radical (unpaired) electrons. The van der Waals surface area contributed by atoms with Crippen molar-refractivity contribution in [3.63, 3.8) is 0 Å². The minimum Gasteiger partial charge on any atom is -0.497 e. The molecule has 26 heavy (non-hydrogen) atoms. The van der Waals surface area contributed by atoms with Gasteiger partial charge in [0, 0.05) is 16.5 Å². The maximum absolute atomic E-state index is 6.60. The lowest BCUT2D eigenvalue weighted by Crippen LogP contribution is -1.94. The van der Waals surface area contributed by atoms with E-state index >= 15 is 0 Å². The van der Waals surface area contributed by atoms with Gasteiger partial charge in [-0.15, -0.1) is 0 Å². The summed E-state index contributed by atoms with van der Waals surface area (Å²) >= 11 is 6.60. The van der Waals surface area contributed by atoms with Gasteiger partial charge in [0.1, 0.15) is 5.75 Å². The van der Waals surface area contributed by atoms with E-state index < -0.39 is 0 Å². The Kier molecular flexibility index (Phi) is 3.41. The molecule has 5 aromatic rings. The fraction of sp³-hybridized carbons (Fsp3) is 0.0435. The van der Waals surface area contributed by atoms with Crippen molar-refractivity contribution in [1.82, 2.24) is 4.57 Å². The minimum absolute atomic E-state index is 0.758. The predicted octanol–water partition coefficient (Wildman–Crippen LogP) is 6.60. The number of fused-ring (bicyclic) bond motifs is 4. The van der Waals surface area contributed by atoms with Gasteiger partial charge in [-0.2, -0.15) is 0 Å². The van der Waals surface area contributed by atoms with Crippen LogP contribution in [0.5, 0.6) is 5.75 Å². The molecule has 4 aromatic carbocycles. The van der Waals surface area contributed by atoms with E-state index in [-0.39, 0.29) is 0 Å². The molecule has 0 aliphatic rings. The Balaban J connectivity index is 1.87. The minimum atomic E-state index is 0.758. The summed E-state index contributed by atoms with van der Waals surface area (Å²) in [7, 11) is 1.69. The molecule has 2 nitrogen and oxygen atoms in total. The van der Waals surface area contributed by atoms with E-state index in [9.17, 15) is 0 Å². The molecule has 0 fully saturated rings. The lowest BCUT2D eigenvalue weighted by molar-refractivity contribution is 0.415. The zero-order valence-corrected chi connectivity index (χ0v) is 15.0. The summed E-state index contributed by atoms with van der Waals surface area (Å²) in [5.41, 5.74) is 3.30. The Bertz CT molecular complexity index is 1290. The topological polar surface area (TPSA) is 14.2 Å². The monoisotopic (exact) mass is 357 g/mol. The van der Waals surface area contributed by atoms with E-state index in [0.29, 0.717) is 0 Å². The molecule has 0 N–H and O–H groups in total. The Morgan fingerprint density at radius 2 is 1.54 bits per heavy atom. The van der Waals surface area contributed by atoms with E-state index in [0.717, 1.165) is 32.9 Å². The third kappa shape index (κ3) is 2.19. The number of halogens is 1. The predicted molar refractivity (Wildman–Crippen MR) is 110 cm³/mol. The van der Waals surface area contributed by atoms with Gasteiger partial charge in [-0.1, -0.05) is 54.1 Å². The maximum Gasteiger partial charge on any atom is 0.119 e. The number of nitrogens with zero attached hydrogens (tertiary/aromatic N) is 1. The summed E-state index contributed by atoms with van der Waals surface area (Å²) in [6, 6.07) is 27.1. The SMILES string of the molecule is COc1ccc2cc(-n3c4ccccc4c4cccc(Cl)c43)ccc2c1. The number of ether oxygens (including phenoxy) is 1. The molecule has 0 saturated carbocycles. The number of hydrogen-bond acceptors (Lipinski definition) is 1. The largest absolute Gasteiger partial charge is 0.497 e. The number of methoxy groups -OCH3 is 1. The molecule has 0 atom stereocenters. The smallest absolute Gasteiger partial charge is 0.119 e. The van der Waals surface area contributed by atoms with Gasteiger partial charge in [0.05, 0.1) is 23.2 Å². The Labute approximate surface area is 156 Å². The first kappa shape index (κ1) is 15.3. The van der Waals surface area contributed by atoms with Crippen molar-refractivity contribution in [3.8, 4) is 11.4 Å². The van der Waals surface area contributed by atoms with Crippen LogP contribution < -0.4 is 4.74 Å². The zero-order valence-electron chi connectivity index (χ0n) is 14.2. The van der Waals surface area contributed by atoms with Crippen molar-refractivity contribution in [1.29, 1.82) is 0 Å². The molecule has 0 aliphatic carbocycles. The second-order valence-corrected chi connectivity index (χ2v) is 6.79. The van der Waals surface area contributed by atoms with Gasteiger partial charge in [-0.3, -0.25) is 0 Å². The van der Waals surface area contributed by atoms with E-state index in [1.165, 1.54) is 16.2 Å². The van der Waals surface area contributed by atoms with Crippen molar-refractivity contribution >= 4 is 44.2 Å². The molecule has 0 amide bonds. The third-order valence-electron chi connectivity index (χ3n) is 4.93. The van der Waals surface area contributed by atoms with E-state index in [2.05, 4.69) is 65.2 Å². The summed E-state index contributed by atoms with van der Waals surface area (Å²) in [4.78, 5) is 0. The first-order chi connectivity index (χ1) is 12.8. The average Bonchev–Trinajstić information content (AvgIpc) is 3.03. The van der Waals surface area contributed by atoms with Crippen LogP contribution >= 0.6 is 11.6 Å². The first-order valence-electron chi connectivity index (χ1n) is 8.52. The van der Waals surface area contributed by atoms with Gasteiger partial charge in [0.15, 0.2) is 0 Å². The highest BCUT2D eigenvalue weighted by molar-refractivity contribution is 6.36. The fourth-order valence-electron chi connectivity index (χ4n) is 3.72. The molecule has 1 heterocycles. The summed E-state index contributed by atoms with van der Waals surface area (Å²) < 4.78 is 7.58. The van der Waals surface area contributed by atoms with Gasteiger partial charge >= 0.3 is 0 Å². The fourth-order valence-corrected chi connectivity index (χ4v) is 3.98. The highest BCUT2D eigenvalue weighted by Gasteiger charge is 2.14. The number of hydrogen-bond donors (Lipinski definition) is 0. The van der Waals surface area contributed by atoms with Crippen molar-refractivity contribution in [3.05, 3.63) is 83.9 Å². The molecular weight excluding hydrogens is 342 g/mol. The maximum atomic E-state index is 6.60. The molecule has 0 aliphatic heterocycles. The van der Waals surface area contributed by atoms with E-state index in [1.54, 1.807) is 7.11 Å². The number of aromatic nitrogens is 1. The summed E-state index contributed by atoms with van der Waals surface area (Å²) in [6.07, 6.45) is 0. The second kappa shape index (κ2) is 5.79. The highest BCUT2D eigenvalue weighted by atomic mass is 35.5. The van der Waals surface area contributed by atoms with Crippen LogP contribution in [0, 0.1) is 0 Å². The van der Waals surface area contributed by atoms with Crippen molar-refractivity contribution < 1.29 is 4.74 Å². The van der Waals surface area contributed by atoms with Crippen molar-refractivity contribution in [2.75, 3.05) is 7.11 Å². The van der Waals surface area contributed by atoms with Gasteiger partial charge in [-0.25, -0.2) is 0 Å². The highest BCUT2D eigenvalue weighted by Crippen LogP contribution is 2.36. The van der Waals surface area contributed by atoms with Crippen LogP contribution in [0.25, 0.3) is 38.3 Å². The summed E-state index contributed by atoms with van der Waals surface area (Å²) in [5.74, 6) is 0.866. The lowest BCUT2D eigenvalue weighted by atomic mass is 10.1. The molecule has 0 bridgehead atoms. The van der Waals surface area contributed by atoms with Crippen LogP contribution in [0.4, 0.5) is 0 Å². The van der Waals surface area contributed by atoms with Crippen LogP contribution in [0.1, 0.15) is 0 Å². The molecule has 126 valence electrons. The molecule has 5 rings (SSSR count). The molecular formula is C23H16ClNO. The van der Waals surface area contributed by atoms with Crippen LogP contribution in [0.15, 0.2) is 78.9 Å². The van der Waals surface area contributed by atoms with Gasteiger partial charge in [0.25, 0.3) is 0 Å². The first-order valence-corrected chi connectivity index (χ1v) is 8.90. The molecule has 3 heteroatoms. The third-order valence-corrected chi connectivity index (χ3v) is 5.24. The molecule has 0 unspecified atom stereocenters. The average molecular weight is 358 g/mol. The normalized spacial score (nSPS) is 11.5. The number of rotatable bonds is 2. The Morgan fingerprint density at radius 1 is 0.769 bits per heavy atom. The summed E-state index contributed by atoms with van der Waals surface area (Å²) in [6.45, 7) is 0. The van der Waals surface area contributed by atoms with Gasteiger partial charge < -0.3 is 9.30 Å². The van der Waals surface area contributed by atoms with Crippen LogP contribution in [0.2, 0.25) is 5.02 Å². The standard InChI is InChI=1S/C23H16ClNO/c1-26-18-12-10-15-13-17(11-9-16(15)14-18)25-22-8-3-2-5-19(22)20-6-4-7-21(24)23(20)25/h2-14H,1H3. The quantitative estimate of drug-likeness (QED) is 0.347. The Hall–Kier alpha value is -2.97. The van der Waals surface area contributed by atoms with E-state index in [1.807, 2.05) is 18.2 Å². The number of para-hydroxylation sites is 2. The lowest BCUT2D eigenvalue weighted by Gasteiger charge is -2.10. The van der Waals surface area contributed by atoms with Crippen LogP contribution in [-0.2, 0) is 0 Å². The van der Waals surface area contributed by atoms with Crippen LogP contribution in [-0.4, -0.2) is 11.7 Å². The Morgan fingerprint density at radius 3 is 2.42 bits per heavy atom. The van der Waals surface area contributed by atoms with Crippen LogP contribution in [0.3, 0.4) is 0 Å². The summed E-state index contributed by atoms with van der Waals surface area (Å²) in [5, 5.41) is 5.46. The second-order valence-electron chi connectivity index (χ2n) is 6.39. The van der Waals surface area contributed by atoms with E-state index in [4.69, 9.17) is 16.3 Å². The number of benzene rings is 4.